The van der Waals surface area contributed by atoms with Crippen LogP contribution in [0.15, 0.2) is 42.5 Å². The lowest BCUT2D eigenvalue weighted by molar-refractivity contribution is 0.416. The molecular weight excluding hydrogens is 234 g/mol. The second kappa shape index (κ2) is 4.96. The predicted molar refractivity (Wildman–Crippen MR) is 81.5 cm³/mol. The third kappa shape index (κ3) is 2.73. The molecule has 0 atom stereocenters. The zero-order valence-electron chi connectivity index (χ0n) is 12.0. The Morgan fingerprint density at radius 3 is 2.26 bits per heavy atom. The van der Waals surface area contributed by atoms with Crippen molar-refractivity contribution in [1.82, 2.24) is 0 Å². The highest BCUT2D eigenvalue weighted by Gasteiger charge is 2.16. The molecular formula is C17H21NO. The molecule has 2 heteroatoms. The van der Waals surface area contributed by atoms with Gasteiger partial charge in [0, 0.05) is 16.8 Å². The molecule has 0 amide bonds. The highest BCUT2D eigenvalue weighted by molar-refractivity contribution is 5.81. The number of methoxy groups -OCH3 is 1. The van der Waals surface area contributed by atoms with Crippen LogP contribution >= 0.6 is 0 Å². The predicted octanol–water partition coefficient (Wildman–Crippen LogP) is 4.24. The van der Waals surface area contributed by atoms with Crippen LogP contribution in [0, 0.1) is 0 Å². The lowest BCUT2D eigenvalue weighted by Crippen LogP contribution is -2.11. The number of rotatable bonds is 2. The van der Waals surface area contributed by atoms with Crippen molar-refractivity contribution in [2.75, 3.05) is 12.8 Å². The average Bonchev–Trinajstić information content (AvgIpc) is 2.38. The van der Waals surface area contributed by atoms with Gasteiger partial charge < -0.3 is 10.5 Å². The van der Waals surface area contributed by atoms with Crippen LogP contribution in [0.1, 0.15) is 26.3 Å². The molecule has 0 aliphatic heterocycles. The van der Waals surface area contributed by atoms with Gasteiger partial charge in [-0.15, -0.1) is 0 Å². The summed E-state index contributed by atoms with van der Waals surface area (Å²) in [5, 5.41) is 0. The maximum absolute atomic E-state index is 6.13. The third-order valence-electron chi connectivity index (χ3n) is 3.32. The summed E-state index contributed by atoms with van der Waals surface area (Å²) >= 11 is 0. The van der Waals surface area contributed by atoms with Crippen molar-refractivity contribution in [1.29, 1.82) is 0 Å². The van der Waals surface area contributed by atoms with Gasteiger partial charge in [-0.2, -0.15) is 0 Å². The number of hydrogen-bond acceptors (Lipinski definition) is 2. The first kappa shape index (κ1) is 13.5. The summed E-state index contributed by atoms with van der Waals surface area (Å²) in [5.41, 5.74) is 10.3. The largest absolute Gasteiger partial charge is 0.496 e. The summed E-state index contributed by atoms with van der Waals surface area (Å²) in [4.78, 5) is 0. The first-order valence-electron chi connectivity index (χ1n) is 6.47. The van der Waals surface area contributed by atoms with Crippen LogP contribution in [0.3, 0.4) is 0 Å². The van der Waals surface area contributed by atoms with Crippen molar-refractivity contribution in [2.45, 2.75) is 26.2 Å². The molecule has 0 saturated carbocycles. The summed E-state index contributed by atoms with van der Waals surface area (Å²) in [6.07, 6.45) is 0. The van der Waals surface area contributed by atoms with Gasteiger partial charge in [-0.05, 0) is 29.2 Å². The van der Waals surface area contributed by atoms with Crippen molar-refractivity contribution in [3.8, 4) is 16.9 Å². The fourth-order valence-electron chi connectivity index (χ4n) is 2.12. The molecule has 0 spiro atoms. The Morgan fingerprint density at radius 2 is 1.63 bits per heavy atom. The maximum atomic E-state index is 6.13. The second-order valence-corrected chi connectivity index (χ2v) is 5.75. The van der Waals surface area contributed by atoms with E-state index in [2.05, 4.69) is 32.9 Å². The Bertz CT molecular complexity index is 582. The standard InChI is InChI=1S/C17H21NO/c1-17(2,3)12-9-10-15(18)14(11-12)13-7-5-6-8-16(13)19-4/h5-11H,18H2,1-4H3. The minimum absolute atomic E-state index is 0.102. The molecule has 0 aliphatic carbocycles. The van der Waals surface area contributed by atoms with Crippen molar-refractivity contribution < 1.29 is 4.74 Å². The Morgan fingerprint density at radius 1 is 0.947 bits per heavy atom. The van der Waals surface area contributed by atoms with E-state index < -0.39 is 0 Å². The molecule has 0 bridgehead atoms. The Balaban J connectivity index is 2.61. The van der Waals surface area contributed by atoms with E-state index in [9.17, 15) is 0 Å². The van der Waals surface area contributed by atoms with E-state index in [1.807, 2.05) is 30.3 Å². The van der Waals surface area contributed by atoms with E-state index in [0.717, 1.165) is 22.6 Å². The first-order chi connectivity index (χ1) is 8.93. The number of anilines is 1. The Hall–Kier alpha value is -1.96. The SMILES string of the molecule is COc1ccccc1-c1cc(C(C)(C)C)ccc1N. The van der Waals surface area contributed by atoms with Gasteiger partial charge in [0.2, 0.25) is 0 Å². The van der Waals surface area contributed by atoms with E-state index in [1.165, 1.54) is 5.56 Å². The van der Waals surface area contributed by atoms with Gasteiger partial charge in [0.1, 0.15) is 5.75 Å². The normalized spacial score (nSPS) is 11.4. The van der Waals surface area contributed by atoms with Gasteiger partial charge in [0.25, 0.3) is 0 Å². The van der Waals surface area contributed by atoms with Crippen LogP contribution in [0.25, 0.3) is 11.1 Å². The van der Waals surface area contributed by atoms with Crippen LogP contribution in [0.4, 0.5) is 5.69 Å². The number of benzene rings is 2. The highest BCUT2D eigenvalue weighted by Crippen LogP contribution is 2.36. The molecule has 2 aromatic carbocycles. The van der Waals surface area contributed by atoms with Gasteiger partial charge >= 0.3 is 0 Å². The molecule has 2 aromatic rings. The fraction of sp³-hybridized carbons (Fsp3) is 0.294. The molecule has 0 unspecified atom stereocenters. The monoisotopic (exact) mass is 255 g/mol. The molecule has 2 N–H and O–H groups in total. The molecule has 0 radical (unpaired) electrons. The second-order valence-electron chi connectivity index (χ2n) is 5.75. The van der Waals surface area contributed by atoms with Crippen molar-refractivity contribution in [3.63, 3.8) is 0 Å². The molecule has 0 fully saturated rings. The van der Waals surface area contributed by atoms with Crippen LogP contribution in [0.2, 0.25) is 0 Å². The molecule has 2 rings (SSSR count). The zero-order valence-corrected chi connectivity index (χ0v) is 12.0. The lowest BCUT2D eigenvalue weighted by atomic mass is 9.85. The number of ether oxygens (including phenoxy) is 1. The van der Waals surface area contributed by atoms with E-state index >= 15 is 0 Å². The summed E-state index contributed by atoms with van der Waals surface area (Å²) in [6, 6.07) is 14.2. The third-order valence-corrected chi connectivity index (χ3v) is 3.32. The highest BCUT2D eigenvalue weighted by atomic mass is 16.5. The number of para-hydroxylation sites is 1. The minimum atomic E-state index is 0.102. The number of nitrogens with two attached hydrogens (primary N) is 1. The smallest absolute Gasteiger partial charge is 0.126 e. The Kier molecular flexibility index (Phi) is 3.52. The number of hydrogen-bond donors (Lipinski definition) is 1. The molecule has 0 aliphatic rings. The molecule has 0 aromatic heterocycles. The molecule has 2 nitrogen and oxygen atoms in total. The van der Waals surface area contributed by atoms with E-state index in [-0.39, 0.29) is 5.41 Å². The van der Waals surface area contributed by atoms with Gasteiger partial charge in [-0.1, -0.05) is 45.0 Å². The zero-order chi connectivity index (χ0) is 14.0. The number of nitrogen functional groups attached to an aromatic ring is 1. The van der Waals surface area contributed by atoms with E-state index in [4.69, 9.17) is 10.5 Å². The summed E-state index contributed by atoms with van der Waals surface area (Å²) in [7, 11) is 1.68. The van der Waals surface area contributed by atoms with Gasteiger partial charge in [0.05, 0.1) is 7.11 Å². The first-order valence-corrected chi connectivity index (χ1v) is 6.47. The maximum Gasteiger partial charge on any atom is 0.126 e. The van der Waals surface area contributed by atoms with E-state index in [1.54, 1.807) is 7.11 Å². The van der Waals surface area contributed by atoms with Crippen LogP contribution in [0.5, 0.6) is 5.75 Å². The van der Waals surface area contributed by atoms with Gasteiger partial charge in [-0.3, -0.25) is 0 Å². The van der Waals surface area contributed by atoms with Crippen LogP contribution in [-0.2, 0) is 5.41 Å². The quantitative estimate of drug-likeness (QED) is 0.814. The van der Waals surface area contributed by atoms with Crippen molar-refractivity contribution >= 4 is 5.69 Å². The molecule has 100 valence electrons. The van der Waals surface area contributed by atoms with E-state index in [0.29, 0.717) is 0 Å². The summed E-state index contributed by atoms with van der Waals surface area (Å²) in [6.45, 7) is 6.60. The van der Waals surface area contributed by atoms with Crippen molar-refractivity contribution in [2.24, 2.45) is 0 Å². The summed E-state index contributed by atoms with van der Waals surface area (Å²) in [5.74, 6) is 0.847. The molecule has 19 heavy (non-hydrogen) atoms. The summed E-state index contributed by atoms with van der Waals surface area (Å²) < 4.78 is 5.42. The minimum Gasteiger partial charge on any atom is -0.496 e. The fourth-order valence-corrected chi connectivity index (χ4v) is 2.12. The molecule has 0 saturated heterocycles. The van der Waals surface area contributed by atoms with Crippen LogP contribution < -0.4 is 10.5 Å². The average molecular weight is 255 g/mol. The lowest BCUT2D eigenvalue weighted by Gasteiger charge is -2.21. The molecule has 0 heterocycles. The van der Waals surface area contributed by atoms with Crippen LogP contribution in [-0.4, -0.2) is 7.11 Å². The van der Waals surface area contributed by atoms with Crippen molar-refractivity contribution in [3.05, 3.63) is 48.0 Å². The Labute approximate surface area is 115 Å². The van der Waals surface area contributed by atoms with Gasteiger partial charge in [0.15, 0.2) is 0 Å². The topological polar surface area (TPSA) is 35.2 Å². The van der Waals surface area contributed by atoms with Gasteiger partial charge in [-0.25, -0.2) is 0 Å².